The molecule has 0 aliphatic heterocycles. The zero-order chi connectivity index (χ0) is 17.9. The fourth-order valence-corrected chi connectivity index (χ4v) is 3.84. The average Bonchev–Trinajstić information content (AvgIpc) is 3.06. The number of carbonyl (C=O) groups is 1. The Hall–Kier alpha value is -2.89. The fraction of sp³-hybridized carbons (Fsp3) is 0.350. The van der Waals surface area contributed by atoms with Gasteiger partial charge in [-0.25, -0.2) is 4.68 Å². The molecule has 0 bridgehead atoms. The summed E-state index contributed by atoms with van der Waals surface area (Å²) in [6.45, 7) is 0. The predicted octanol–water partition coefficient (Wildman–Crippen LogP) is 2.57. The summed E-state index contributed by atoms with van der Waals surface area (Å²) in [6, 6.07) is 11.5. The van der Waals surface area contributed by atoms with Gasteiger partial charge in [0.1, 0.15) is 0 Å². The largest absolute Gasteiger partial charge is 0.361 e. The normalized spacial score (nSPS) is 20.2. The zero-order valence-electron chi connectivity index (χ0n) is 14.5. The van der Waals surface area contributed by atoms with E-state index in [9.17, 15) is 9.59 Å². The highest BCUT2D eigenvalue weighted by atomic mass is 16.1. The highest BCUT2D eigenvalue weighted by Gasteiger charge is 2.24. The van der Waals surface area contributed by atoms with Crippen LogP contribution >= 0.6 is 0 Å². The van der Waals surface area contributed by atoms with Crippen LogP contribution < -0.4 is 10.9 Å². The molecule has 6 heteroatoms. The van der Waals surface area contributed by atoms with Gasteiger partial charge in [0.2, 0.25) is 5.91 Å². The monoisotopic (exact) mass is 350 g/mol. The van der Waals surface area contributed by atoms with E-state index < -0.39 is 0 Å². The third kappa shape index (κ3) is 3.40. The van der Waals surface area contributed by atoms with Crippen LogP contribution in [0.15, 0.2) is 53.6 Å². The minimum Gasteiger partial charge on any atom is -0.361 e. The SMILES string of the molecule is O=C(Cc1c[nH]c2ccccc12)NC1CCC(n2ncccc2=O)CC1. The second-order valence-electron chi connectivity index (χ2n) is 6.92. The van der Waals surface area contributed by atoms with Gasteiger partial charge in [-0.05, 0) is 43.4 Å². The number of carbonyl (C=O) groups excluding carboxylic acids is 1. The predicted molar refractivity (Wildman–Crippen MR) is 99.9 cm³/mol. The van der Waals surface area contributed by atoms with Gasteiger partial charge >= 0.3 is 0 Å². The molecule has 3 aromatic rings. The maximum absolute atomic E-state index is 12.4. The van der Waals surface area contributed by atoms with Gasteiger partial charge in [0.25, 0.3) is 5.56 Å². The molecule has 1 aromatic carbocycles. The lowest BCUT2D eigenvalue weighted by molar-refractivity contribution is -0.121. The summed E-state index contributed by atoms with van der Waals surface area (Å²) in [6.07, 6.45) is 7.39. The lowest BCUT2D eigenvalue weighted by atomic mass is 9.91. The van der Waals surface area contributed by atoms with Crippen molar-refractivity contribution in [2.75, 3.05) is 0 Å². The lowest BCUT2D eigenvalue weighted by Gasteiger charge is -2.29. The molecular weight excluding hydrogens is 328 g/mol. The van der Waals surface area contributed by atoms with E-state index >= 15 is 0 Å². The van der Waals surface area contributed by atoms with Crippen LogP contribution in [-0.2, 0) is 11.2 Å². The first-order valence-corrected chi connectivity index (χ1v) is 9.09. The highest BCUT2D eigenvalue weighted by molar-refractivity contribution is 5.88. The molecule has 26 heavy (non-hydrogen) atoms. The van der Waals surface area contributed by atoms with Gasteiger partial charge in [-0.2, -0.15) is 5.10 Å². The van der Waals surface area contributed by atoms with Crippen molar-refractivity contribution in [3.8, 4) is 0 Å². The first kappa shape index (κ1) is 16.6. The van der Waals surface area contributed by atoms with E-state index in [4.69, 9.17) is 0 Å². The van der Waals surface area contributed by atoms with Crippen molar-refractivity contribution in [2.45, 2.75) is 44.2 Å². The van der Waals surface area contributed by atoms with Crippen molar-refractivity contribution in [3.63, 3.8) is 0 Å². The van der Waals surface area contributed by atoms with Crippen LogP contribution in [0.3, 0.4) is 0 Å². The van der Waals surface area contributed by atoms with Crippen LogP contribution in [0.4, 0.5) is 0 Å². The number of rotatable bonds is 4. The van der Waals surface area contributed by atoms with Gasteiger partial charge < -0.3 is 10.3 Å². The van der Waals surface area contributed by atoms with Crippen LogP contribution in [0.25, 0.3) is 10.9 Å². The summed E-state index contributed by atoms with van der Waals surface area (Å²) in [5, 5.41) is 8.43. The third-order valence-corrected chi connectivity index (χ3v) is 5.18. The van der Waals surface area contributed by atoms with E-state index in [2.05, 4.69) is 15.4 Å². The van der Waals surface area contributed by atoms with Crippen LogP contribution in [0.5, 0.6) is 0 Å². The Labute approximate surface area is 151 Å². The molecule has 0 spiro atoms. The number of nitrogens with zero attached hydrogens (tertiary/aromatic N) is 2. The van der Waals surface area contributed by atoms with E-state index in [1.165, 1.54) is 0 Å². The Morgan fingerprint density at radius 2 is 1.96 bits per heavy atom. The lowest BCUT2D eigenvalue weighted by Crippen LogP contribution is -2.40. The molecule has 0 atom stereocenters. The molecule has 0 saturated heterocycles. The van der Waals surface area contributed by atoms with E-state index in [0.717, 1.165) is 42.1 Å². The molecule has 6 nitrogen and oxygen atoms in total. The number of benzene rings is 1. The van der Waals surface area contributed by atoms with E-state index in [-0.39, 0.29) is 23.6 Å². The minimum absolute atomic E-state index is 0.0493. The Morgan fingerprint density at radius 1 is 1.15 bits per heavy atom. The van der Waals surface area contributed by atoms with Gasteiger partial charge in [0.05, 0.1) is 12.5 Å². The number of aromatic nitrogens is 3. The Bertz CT molecular complexity index is 967. The number of aromatic amines is 1. The minimum atomic E-state index is -0.0562. The van der Waals surface area contributed by atoms with Crippen LogP contribution in [0, 0.1) is 0 Å². The molecular formula is C20H22N4O2. The third-order valence-electron chi connectivity index (χ3n) is 5.18. The van der Waals surface area contributed by atoms with Gasteiger partial charge in [0.15, 0.2) is 0 Å². The van der Waals surface area contributed by atoms with Gasteiger partial charge in [-0.3, -0.25) is 9.59 Å². The summed E-state index contributed by atoms with van der Waals surface area (Å²) < 4.78 is 1.57. The topological polar surface area (TPSA) is 79.8 Å². The number of amides is 1. The van der Waals surface area contributed by atoms with Gasteiger partial charge in [0, 0.05) is 35.4 Å². The quantitative estimate of drug-likeness (QED) is 0.759. The summed E-state index contributed by atoms with van der Waals surface area (Å²) in [5.41, 5.74) is 2.02. The molecule has 2 aromatic heterocycles. The molecule has 0 radical (unpaired) electrons. The fourth-order valence-electron chi connectivity index (χ4n) is 3.84. The second kappa shape index (κ2) is 7.15. The molecule has 2 N–H and O–H groups in total. The summed E-state index contributed by atoms with van der Waals surface area (Å²) >= 11 is 0. The van der Waals surface area contributed by atoms with Crippen molar-refractivity contribution >= 4 is 16.8 Å². The number of H-pyrrole nitrogens is 1. The maximum atomic E-state index is 12.4. The molecule has 2 heterocycles. The van der Waals surface area contributed by atoms with Crippen molar-refractivity contribution in [1.82, 2.24) is 20.1 Å². The number of hydrogen-bond donors (Lipinski definition) is 2. The van der Waals surface area contributed by atoms with Crippen LogP contribution in [-0.4, -0.2) is 26.7 Å². The van der Waals surface area contributed by atoms with Crippen LogP contribution in [0.1, 0.15) is 37.3 Å². The second-order valence-corrected chi connectivity index (χ2v) is 6.92. The Balaban J connectivity index is 1.33. The zero-order valence-corrected chi connectivity index (χ0v) is 14.5. The van der Waals surface area contributed by atoms with Crippen molar-refractivity contribution in [3.05, 3.63) is 64.7 Å². The molecule has 1 fully saturated rings. The van der Waals surface area contributed by atoms with E-state index in [0.29, 0.717) is 6.42 Å². The number of hydrogen-bond acceptors (Lipinski definition) is 3. The van der Waals surface area contributed by atoms with Crippen LogP contribution in [0.2, 0.25) is 0 Å². The first-order chi connectivity index (χ1) is 12.7. The molecule has 4 rings (SSSR count). The van der Waals surface area contributed by atoms with Crippen molar-refractivity contribution < 1.29 is 4.79 Å². The standard InChI is InChI=1S/C20H22N4O2/c25-19(12-14-13-21-18-5-2-1-4-17(14)18)23-15-7-9-16(10-8-15)24-20(26)6-3-11-22-24/h1-6,11,13,15-16,21H,7-10,12H2,(H,23,25). The Kier molecular flexibility index (Phi) is 4.56. The molecule has 1 amide bonds. The van der Waals surface area contributed by atoms with Crippen molar-refractivity contribution in [1.29, 1.82) is 0 Å². The Morgan fingerprint density at radius 3 is 2.77 bits per heavy atom. The van der Waals surface area contributed by atoms with E-state index in [1.54, 1.807) is 23.0 Å². The highest BCUT2D eigenvalue weighted by Crippen LogP contribution is 2.27. The van der Waals surface area contributed by atoms with Gasteiger partial charge in [-0.1, -0.05) is 18.2 Å². The number of nitrogens with one attached hydrogen (secondary N) is 2. The molecule has 1 saturated carbocycles. The number of fused-ring (bicyclic) bond motifs is 1. The summed E-state index contributed by atoms with van der Waals surface area (Å²) in [5.74, 6) is 0.0493. The average molecular weight is 350 g/mol. The maximum Gasteiger partial charge on any atom is 0.266 e. The summed E-state index contributed by atoms with van der Waals surface area (Å²) in [4.78, 5) is 27.5. The molecule has 1 aliphatic carbocycles. The van der Waals surface area contributed by atoms with Crippen molar-refractivity contribution in [2.24, 2.45) is 0 Å². The smallest absolute Gasteiger partial charge is 0.266 e. The van der Waals surface area contributed by atoms with Gasteiger partial charge in [-0.15, -0.1) is 0 Å². The molecule has 1 aliphatic rings. The molecule has 0 unspecified atom stereocenters. The van der Waals surface area contributed by atoms with E-state index in [1.807, 2.05) is 30.5 Å². The summed E-state index contributed by atoms with van der Waals surface area (Å²) in [7, 11) is 0. The molecule has 134 valence electrons. The number of para-hydroxylation sites is 1. The first-order valence-electron chi connectivity index (χ1n) is 9.09.